The van der Waals surface area contributed by atoms with E-state index < -0.39 is 0 Å². The molecule has 0 saturated heterocycles. The molecule has 1 rings (SSSR count). The quantitative estimate of drug-likeness (QED) is 0.598. The molecule has 4 heteroatoms. The fourth-order valence-electron chi connectivity index (χ4n) is 0.572. The molecule has 0 aromatic carbocycles. The molecule has 58 valence electrons. The topological polar surface area (TPSA) is 47.8 Å². The van der Waals surface area contributed by atoms with Crippen molar-refractivity contribution in [3.63, 3.8) is 0 Å². The highest BCUT2D eigenvalue weighted by atomic mass is 16.1. The van der Waals surface area contributed by atoms with Gasteiger partial charge in [-0.1, -0.05) is 6.92 Å². The molecule has 0 N–H and O–H groups in total. The third-order valence-corrected chi connectivity index (χ3v) is 1.20. The average molecular weight is 151 g/mol. The molecule has 0 atom stereocenters. The van der Waals surface area contributed by atoms with Gasteiger partial charge in [-0.15, -0.1) is 0 Å². The Bertz CT molecular complexity index is 251. The van der Waals surface area contributed by atoms with E-state index in [2.05, 4.69) is 10.1 Å². The van der Waals surface area contributed by atoms with E-state index in [-0.39, 0.29) is 5.78 Å². The molecule has 11 heavy (non-hydrogen) atoms. The lowest BCUT2D eigenvalue weighted by Gasteiger charge is -1.86. The summed E-state index contributed by atoms with van der Waals surface area (Å²) in [5.41, 5.74) is 0. The zero-order valence-electron chi connectivity index (χ0n) is 6.27. The Morgan fingerprint density at radius 2 is 2.55 bits per heavy atom. The molecule has 0 aliphatic rings. The van der Waals surface area contributed by atoms with Gasteiger partial charge in [0.05, 0.1) is 0 Å². The standard InChI is InChI=1S/C7H9N3O/c1-2-7(11)3-4-10-6-8-5-9-10/h3-6H,2H2,1H3. The van der Waals surface area contributed by atoms with Crippen LogP contribution in [0.2, 0.25) is 0 Å². The van der Waals surface area contributed by atoms with Crippen LogP contribution < -0.4 is 0 Å². The summed E-state index contributed by atoms with van der Waals surface area (Å²) in [6.07, 6.45) is 6.53. The maximum Gasteiger partial charge on any atom is 0.156 e. The van der Waals surface area contributed by atoms with E-state index in [1.54, 1.807) is 6.20 Å². The maximum atomic E-state index is 10.8. The summed E-state index contributed by atoms with van der Waals surface area (Å²) in [5, 5.41) is 3.79. The van der Waals surface area contributed by atoms with Gasteiger partial charge < -0.3 is 0 Å². The minimum absolute atomic E-state index is 0.0838. The summed E-state index contributed by atoms with van der Waals surface area (Å²) < 4.78 is 1.48. The fourth-order valence-corrected chi connectivity index (χ4v) is 0.572. The highest BCUT2D eigenvalue weighted by Crippen LogP contribution is 1.86. The van der Waals surface area contributed by atoms with Crippen LogP contribution in [-0.4, -0.2) is 20.5 Å². The number of hydrogen-bond donors (Lipinski definition) is 0. The molecule has 0 fully saturated rings. The summed E-state index contributed by atoms with van der Waals surface area (Å²) in [4.78, 5) is 14.5. The zero-order valence-corrected chi connectivity index (χ0v) is 6.27. The van der Waals surface area contributed by atoms with E-state index in [4.69, 9.17) is 0 Å². The van der Waals surface area contributed by atoms with Crippen LogP contribution in [0, 0.1) is 0 Å². The van der Waals surface area contributed by atoms with Crippen molar-refractivity contribution in [2.24, 2.45) is 0 Å². The maximum absolute atomic E-state index is 10.8. The number of allylic oxidation sites excluding steroid dienone is 1. The number of carbonyl (C=O) groups excluding carboxylic acids is 1. The normalized spacial score (nSPS) is 10.6. The van der Waals surface area contributed by atoms with E-state index in [9.17, 15) is 4.79 Å². The Morgan fingerprint density at radius 1 is 1.73 bits per heavy atom. The molecular formula is C7H9N3O. The molecular weight excluding hydrogens is 142 g/mol. The second kappa shape index (κ2) is 3.65. The van der Waals surface area contributed by atoms with Gasteiger partial charge in [-0.3, -0.25) is 4.79 Å². The highest BCUT2D eigenvalue weighted by molar-refractivity contribution is 5.91. The van der Waals surface area contributed by atoms with Crippen LogP contribution in [-0.2, 0) is 4.79 Å². The monoisotopic (exact) mass is 151 g/mol. The van der Waals surface area contributed by atoms with Gasteiger partial charge in [0.1, 0.15) is 12.7 Å². The number of carbonyl (C=O) groups is 1. The predicted molar refractivity (Wildman–Crippen MR) is 40.7 cm³/mol. The van der Waals surface area contributed by atoms with Crippen molar-refractivity contribution in [3.05, 3.63) is 18.7 Å². The minimum Gasteiger partial charge on any atom is -0.295 e. The van der Waals surface area contributed by atoms with Crippen molar-refractivity contribution in [2.45, 2.75) is 13.3 Å². The van der Waals surface area contributed by atoms with Crippen LogP contribution in [0.1, 0.15) is 13.3 Å². The first-order valence-electron chi connectivity index (χ1n) is 3.38. The van der Waals surface area contributed by atoms with Crippen molar-refractivity contribution in [3.8, 4) is 0 Å². The van der Waals surface area contributed by atoms with Crippen molar-refractivity contribution >= 4 is 12.0 Å². The first-order valence-corrected chi connectivity index (χ1v) is 3.38. The molecule has 0 bridgehead atoms. The number of aromatic nitrogens is 3. The van der Waals surface area contributed by atoms with E-state index in [1.807, 2.05) is 6.92 Å². The van der Waals surface area contributed by atoms with E-state index >= 15 is 0 Å². The Morgan fingerprint density at radius 3 is 3.09 bits per heavy atom. The third-order valence-electron chi connectivity index (χ3n) is 1.20. The lowest BCUT2D eigenvalue weighted by molar-refractivity contribution is -0.114. The van der Waals surface area contributed by atoms with Crippen LogP contribution >= 0.6 is 0 Å². The van der Waals surface area contributed by atoms with Crippen LogP contribution in [0.5, 0.6) is 0 Å². The molecule has 0 unspecified atom stereocenters. The molecule has 0 saturated carbocycles. The van der Waals surface area contributed by atoms with Crippen LogP contribution in [0.25, 0.3) is 6.20 Å². The highest BCUT2D eigenvalue weighted by Gasteiger charge is 1.88. The van der Waals surface area contributed by atoms with E-state index in [0.29, 0.717) is 6.42 Å². The van der Waals surface area contributed by atoms with Crippen molar-refractivity contribution < 1.29 is 4.79 Å². The molecule has 0 aliphatic carbocycles. The van der Waals surface area contributed by atoms with Gasteiger partial charge in [0.25, 0.3) is 0 Å². The summed E-state index contributed by atoms with van der Waals surface area (Å²) in [6.45, 7) is 1.81. The number of ketones is 1. The van der Waals surface area contributed by atoms with Crippen molar-refractivity contribution in [1.82, 2.24) is 14.8 Å². The average Bonchev–Trinajstić information content (AvgIpc) is 2.52. The molecule has 0 spiro atoms. The van der Waals surface area contributed by atoms with Crippen molar-refractivity contribution in [2.75, 3.05) is 0 Å². The van der Waals surface area contributed by atoms with Gasteiger partial charge in [-0.2, -0.15) is 5.10 Å². The molecule has 0 radical (unpaired) electrons. The summed E-state index contributed by atoms with van der Waals surface area (Å²) >= 11 is 0. The Balaban J connectivity index is 2.55. The molecule has 1 aromatic heterocycles. The third kappa shape index (κ3) is 2.33. The molecule has 1 aromatic rings. The number of hydrogen-bond acceptors (Lipinski definition) is 3. The zero-order chi connectivity index (χ0) is 8.10. The van der Waals surface area contributed by atoms with Gasteiger partial charge >= 0.3 is 0 Å². The van der Waals surface area contributed by atoms with Crippen molar-refractivity contribution in [1.29, 1.82) is 0 Å². The van der Waals surface area contributed by atoms with E-state index in [1.165, 1.54) is 23.4 Å². The van der Waals surface area contributed by atoms with Gasteiger partial charge in [0.2, 0.25) is 0 Å². The molecule has 0 aliphatic heterocycles. The first-order chi connectivity index (χ1) is 5.33. The van der Waals surface area contributed by atoms with Crippen LogP contribution in [0.3, 0.4) is 0 Å². The van der Waals surface area contributed by atoms with Gasteiger partial charge in [-0.05, 0) is 6.08 Å². The molecule has 1 heterocycles. The number of rotatable bonds is 3. The summed E-state index contributed by atoms with van der Waals surface area (Å²) in [5.74, 6) is 0.0838. The minimum atomic E-state index is 0.0838. The summed E-state index contributed by atoms with van der Waals surface area (Å²) in [7, 11) is 0. The van der Waals surface area contributed by atoms with Gasteiger partial charge in [0.15, 0.2) is 5.78 Å². The molecule has 4 nitrogen and oxygen atoms in total. The molecule has 0 amide bonds. The largest absolute Gasteiger partial charge is 0.295 e. The van der Waals surface area contributed by atoms with Crippen LogP contribution in [0.15, 0.2) is 18.7 Å². The Labute approximate surface area is 64.6 Å². The second-order valence-corrected chi connectivity index (χ2v) is 2.01. The summed E-state index contributed by atoms with van der Waals surface area (Å²) in [6, 6.07) is 0. The SMILES string of the molecule is CCC(=O)C=Cn1cncn1. The Kier molecular flexibility index (Phi) is 2.54. The van der Waals surface area contributed by atoms with Crippen LogP contribution in [0.4, 0.5) is 0 Å². The predicted octanol–water partition coefficient (Wildman–Crippen LogP) is 0.728. The fraction of sp³-hybridized carbons (Fsp3) is 0.286. The first kappa shape index (κ1) is 7.65. The van der Waals surface area contributed by atoms with Gasteiger partial charge in [0, 0.05) is 12.6 Å². The Hall–Kier alpha value is -1.45. The smallest absolute Gasteiger partial charge is 0.156 e. The second-order valence-electron chi connectivity index (χ2n) is 2.01. The van der Waals surface area contributed by atoms with E-state index in [0.717, 1.165) is 0 Å². The lowest BCUT2D eigenvalue weighted by Crippen LogP contribution is -1.91. The van der Waals surface area contributed by atoms with Gasteiger partial charge in [-0.25, -0.2) is 9.67 Å². The number of nitrogens with zero attached hydrogens (tertiary/aromatic N) is 3. The lowest BCUT2D eigenvalue weighted by atomic mass is 10.3.